The van der Waals surface area contributed by atoms with E-state index in [4.69, 9.17) is 23.2 Å². The molecular weight excluding hydrogens is 279 g/mol. The van der Waals surface area contributed by atoms with Crippen LogP contribution in [-0.2, 0) is 9.84 Å². The van der Waals surface area contributed by atoms with E-state index in [1.807, 2.05) is 0 Å². The zero-order valence-electron chi connectivity index (χ0n) is 7.79. The molecule has 0 bridgehead atoms. The Morgan fingerprint density at radius 2 is 2.13 bits per heavy atom. The van der Waals surface area contributed by atoms with Crippen molar-refractivity contribution in [2.24, 2.45) is 0 Å². The maximum Gasteiger partial charge on any atom is 0.263 e. The van der Waals surface area contributed by atoms with Crippen LogP contribution in [0.2, 0.25) is 5.02 Å². The van der Waals surface area contributed by atoms with Gasteiger partial charge in [0.15, 0.2) is 9.84 Å². The van der Waals surface area contributed by atoms with Crippen LogP contribution in [0, 0.1) is 0 Å². The number of carbonyl (C=O) groups excluding carboxylic acids is 1. The van der Waals surface area contributed by atoms with E-state index in [0.29, 0.717) is 6.42 Å². The lowest BCUT2D eigenvalue weighted by Gasteiger charge is -1.99. The topological polar surface area (TPSA) is 51.2 Å². The Kier molecular flexibility index (Phi) is 4.17. The molecule has 3 nitrogen and oxygen atoms in total. The molecule has 0 N–H and O–H groups in total. The van der Waals surface area contributed by atoms with Crippen molar-refractivity contribution in [3.63, 3.8) is 0 Å². The maximum atomic E-state index is 11.7. The molecule has 15 heavy (non-hydrogen) atoms. The van der Waals surface area contributed by atoms with Crippen LogP contribution in [0.4, 0.5) is 0 Å². The molecule has 0 aliphatic rings. The highest BCUT2D eigenvalue weighted by Crippen LogP contribution is 2.33. The molecule has 1 heterocycles. The molecule has 0 unspecified atom stereocenters. The minimum absolute atomic E-state index is 0.0000154. The van der Waals surface area contributed by atoms with Crippen LogP contribution in [0.1, 0.15) is 23.0 Å². The zero-order chi connectivity index (χ0) is 11.6. The number of carbonyl (C=O) groups is 1. The molecule has 0 aliphatic heterocycles. The largest absolute Gasteiger partial charge is 0.275 e. The van der Waals surface area contributed by atoms with Crippen molar-refractivity contribution in [3.8, 4) is 0 Å². The van der Waals surface area contributed by atoms with Crippen molar-refractivity contribution in [1.29, 1.82) is 0 Å². The highest BCUT2D eigenvalue weighted by atomic mass is 35.5. The fourth-order valence-electron chi connectivity index (χ4n) is 1.05. The summed E-state index contributed by atoms with van der Waals surface area (Å²) in [6, 6.07) is 0. The molecule has 1 aromatic rings. The van der Waals surface area contributed by atoms with Gasteiger partial charge in [-0.25, -0.2) is 8.42 Å². The minimum Gasteiger partial charge on any atom is -0.275 e. The molecule has 0 aliphatic carbocycles. The highest BCUT2D eigenvalue weighted by molar-refractivity contribution is 7.91. The third-order valence-electron chi connectivity index (χ3n) is 1.69. The molecule has 0 amide bonds. The monoisotopic (exact) mass is 286 g/mol. The molecule has 0 radical (unpaired) electrons. The first kappa shape index (κ1) is 13.0. The second-order valence-corrected chi connectivity index (χ2v) is 6.51. The van der Waals surface area contributed by atoms with Crippen molar-refractivity contribution >= 4 is 49.6 Å². The number of hydrogen-bond acceptors (Lipinski definition) is 4. The fraction of sp³-hybridized carbons (Fsp3) is 0.375. The molecule has 1 aromatic heterocycles. The Morgan fingerprint density at radius 3 is 2.53 bits per heavy atom. The molecule has 84 valence electrons. The Bertz CT molecular complexity index is 476. The summed E-state index contributed by atoms with van der Waals surface area (Å²) >= 11 is 12.0. The Balaban J connectivity index is 3.23. The summed E-state index contributed by atoms with van der Waals surface area (Å²) in [7, 11) is -3.39. The third kappa shape index (κ3) is 2.72. The molecule has 0 aromatic carbocycles. The van der Waals surface area contributed by atoms with Crippen molar-refractivity contribution in [2.45, 2.75) is 18.2 Å². The minimum atomic E-state index is -3.39. The third-order valence-corrected chi connectivity index (χ3v) is 5.67. The predicted molar refractivity (Wildman–Crippen MR) is 61.9 cm³/mol. The summed E-state index contributed by atoms with van der Waals surface area (Å²) in [6.45, 7) is 1.76. The van der Waals surface area contributed by atoms with Gasteiger partial charge in [-0.1, -0.05) is 18.5 Å². The van der Waals surface area contributed by atoms with Crippen LogP contribution in [0.5, 0.6) is 0 Å². The van der Waals surface area contributed by atoms with Gasteiger partial charge in [-0.05, 0) is 18.0 Å². The lowest BCUT2D eigenvalue weighted by Crippen LogP contribution is -2.05. The quantitative estimate of drug-likeness (QED) is 0.800. The lowest BCUT2D eigenvalue weighted by molar-refractivity contribution is 0.108. The van der Waals surface area contributed by atoms with Crippen LogP contribution in [0.3, 0.4) is 0 Å². The Morgan fingerprint density at radius 1 is 1.53 bits per heavy atom. The summed E-state index contributed by atoms with van der Waals surface area (Å²) in [5.41, 5.74) is 0. The fourth-order valence-corrected chi connectivity index (χ4v) is 4.59. The van der Waals surface area contributed by atoms with Gasteiger partial charge in [0.1, 0.15) is 4.88 Å². The summed E-state index contributed by atoms with van der Waals surface area (Å²) in [5, 5.41) is 0.555. The Labute approximate surface area is 102 Å². The van der Waals surface area contributed by atoms with Gasteiger partial charge in [0.2, 0.25) is 0 Å². The molecule has 7 heteroatoms. The van der Waals surface area contributed by atoms with E-state index in [1.54, 1.807) is 6.92 Å². The van der Waals surface area contributed by atoms with Crippen LogP contribution in [0.25, 0.3) is 0 Å². The molecule has 0 saturated carbocycles. The van der Waals surface area contributed by atoms with E-state index < -0.39 is 15.1 Å². The molecule has 0 saturated heterocycles. The average Bonchev–Trinajstić information content (AvgIpc) is 2.47. The normalized spacial score (nSPS) is 11.7. The van der Waals surface area contributed by atoms with Gasteiger partial charge in [-0.3, -0.25) is 4.79 Å². The Hall–Kier alpha value is -0.100. The standard InChI is InChI=1S/C8H8Cl2O3S2/c1-2-3-15(12,13)5-4-14-7(6(5)9)8(10)11/h4H,2-3H2,1H3. The summed E-state index contributed by atoms with van der Waals surface area (Å²) in [4.78, 5) is 10.9. The zero-order valence-corrected chi connectivity index (χ0v) is 10.9. The van der Waals surface area contributed by atoms with Gasteiger partial charge in [0, 0.05) is 5.38 Å². The van der Waals surface area contributed by atoms with Gasteiger partial charge >= 0.3 is 0 Å². The SMILES string of the molecule is CCCS(=O)(=O)c1csc(C(=O)Cl)c1Cl. The van der Waals surface area contributed by atoms with E-state index in [9.17, 15) is 13.2 Å². The number of hydrogen-bond donors (Lipinski definition) is 0. The van der Waals surface area contributed by atoms with Gasteiger partial charge in [0.05, 0.1) is 15.7 Å². The number of sulfone groups is 1. The molecule has 0 fully saturated rings. The predicted octanol–water partition coefficient (Wildman–Crippen LogP) is 2.96. The van der Waals surface area contributed by atoms with E-state index in [2.05, 4.69) is 0 Å². The first-order valence-corrected chi connectivity index (χ1v) is 7.38. The van der Waals surface area contributed by atoms with Crippen molar-refractivity contribution in [3.05, 3.63) is 15.3 Å². The van der Waals surface area contributed by atoms with E-state index in [-0.39, 0.29) is 20.5 Å². The van der Waals surface area contributed by atoms with Crippen LogP contribution in [-0.4, -0.2) is 19.4 Å². The first-order valence-electron chi connectivity index (χ1n) is 4.09. The van der Waals surface area contributed by atoms with Gasteiger partial charge < -0.3 is 0 Å². The van der Waals surface area contributed by atoms with Crippen molar-refractivity contribution in [1.82, 2.24) is 0 Å². The van der Waals surface area contributed by atoms with Crippen LogP contribution < -0.4 is 0 Å². The second-order valence-electron chi connectivity index (χ2n) is 2.84. The van der Waals surface area contributed by atoms with E-state index >= 15 is 0 Å². The smallest absolute Gasteiger partial charge is 0.263 e. The summed E-state index contributed by atoms with van der Waals surface area (Å²) in [5.74, 6) is 0.0133. The molecule has 0 atom stereocenters. The second kappa shape index (κ2) is 4.82. The number of rotatable bonds is 4. The average molecular weight is 287 g/mol. The van der Waals surface area contributed by atoms with Crippen molar-refractivity contribution < 1.29 is 13.2 Å². The summed E-state index contributed by atoms with van der Waals surface area (Å²) < 4.78 is 23.3. The number of halogens is 2. The van der Waals surface area contributed by atoms with Crippen LogP contribution in [0.15, 0.2) is 10.3 Å². The molecule has 1 rings (SSSR count). The lowest BCUT2D eigenvalue weighted by atomic mass is 10.5. The van der Waals surface area contributed by atoms with E-state index in [0.717, 1.165) is 11.3 Å². The van der Waals surface area contributed by atoms with Gasteiger partial charge in [-0.2, -0.15) is 0 Å². The first-order chi connectivity index (χ1) is 6.90. The highest BCUT2D eigenvalue weighted by Gasteiger charge is 2.23. The summed E-state index contributed by atoms with van der Waals surface area (Å²) in [6.07, 6.45) is 0.499. The van der Waals surface area contributed by atoms with Crippen molar-refractivity contribution in [2.75, 3.05) is 5.75 Å². The molecular formula is C8H8Cl2O3S2. The molecule has 0 spiro atoms. The van der Waals surface area contributed by atoms with Crippen LogP contribution >= 0.6 is 34.5 Å². The van der Waals surface area contributed by atoms with Gasteiger partial charge in [0.25, 0.3) is 5.24 Å². The van der Waals surface area contributed by atoms with E-state index in [1.165, 1.54) is 5.38 Å². The number of thiophene rings is 1. The van der Waals surface area contributed by atoms with Gasteiger partial charge in [-0.15, -0.1) is 11.3 Å². The maximum absolute atomic E-state index is 11.7.